The molecule has 1 saturated carbocycles. The van der Waals surface area contributed by atoms with Gasteiger partial charge in [-0.15, -0.1) is 13.1 Å². The molecule has 140 valence electrons. The number of hydrogen-bond donors (Lipinski definition) is 2. The van der Waals surface area contributed by atoms with Crippen molar-refractivity contribution in [3.05, 3.63) is 41.2 Å². The van der Waals surface area contributed by atoms with Gasteiger partial charge in [0, 0.05) is 24.9 Å². The molecular formula is C19H27F2N2O2-. The highest BCUT2D eigenvalue weighted by Crippen LogP contribution is 2.39. The van der Waals surface area contributed by atoms with Crippen molar-refractivity contribution in [3.63, 3.8) is 0 Å². The Labute approximate surface area is 147 Å². The Morgan fingerprint density at radius 3 is 2.72 bits per heavy atom. The van der Waals surface area contributed by atoms with E-state index in [4.69, 9.17) is 5.73 Å². The lowest BCUT2D eigenvalue weighted by Gasteiger charge is -2.32. The Morgan fingerprint density at radius 2 is 2.08 bits per heavy atom. The molecule has 1 amide bonds. The predicted octanol–water partition coefficient (Wildman–Crippen LogP) is 3.63. The molecule has 0 aromatic heterocycles. The molecule has 0 bridgehead atoms. The van der Waals surface area contributed by atoms with Crippen LogP contribution in [-0.2, 0) is 11.3 Å². The van der Waals surface area contributed by atoms with Gasteiger partial charge in [0.25, 0.3) is 0 Å². The topological polar surface area (TPSA) is 77.4 Å². The summed E-state index contributed by atoms with van der Waals surface area (Å²) in [6.45, 7) is 0.702. The number of rotatable bonds is 9. The van der Waals surface area contributed by atoms with Crippen LogP contribution in [-0.4, -0.2) is 29.6 Å². The summed E-state index contributed by atoms with van der Waals surface area (Å²) in [7, 11) is 0. The Bertz CT molecular complexity index is 539. The van der Waals surface area contributed by atoms with E-state index < -0.39 is 23.9 Å². The summed E-state index contributed by atoms with van der Waals surface area (Å²) in [5.74, 6) is -3.97. The number of benzene rings is 1. The highest BCUT2D eigenvalue weighted by atomic mass is 19.3. The van der Waals surface area contributed by atoms with E-state index in [1.54, 1.807) is 0 Å². The van der Waals surface area contributed by atoms with Crippen molar-refractivity contribution >= 4 is 5.91 Å². The number of carbonyl (C=O) groups is 1. The average Bonchev–Trinajstić information content (AvgIpc) is 2.54. The van der Waals surface area contributed by atoms with Crippen molar-refractivity contribution in [2.75, 3.05) is 6.54 Å². The van der Waals surface area contributed by atoms with Crippen LogP contribution < -0.4 is 5.73 Å². The summed E-state index contributed by atoms with van der Waals surface area (Å²) >= 11 is 0. The second-order valence-corrected chi connectivity index (χ2v) is 7.09. The van der Waals surface area contributed by atoms with Gasteiger partial charge in [-0.3, -0.25) is 4.79 Å². The number of primary amides is 1. The molecule has 3 N–H and O–H groups in total. The summed E-state index contributed by atoms with van der Waals surface area (Å²) in [5.41, 5.74) is 6.47. The summed E-state index contributed by atoms with van der Waals surface area (Å²) < 4.78 is 27.0. The molecule has 1 aliphatic rings. The molecule has 2 rings (SSSR count). The Balaban J connectivity index is 1.76. The van der Waals surface area contributed by atoms with Gasteiger partial charge in [-0.2, -0.15) is 0 Å². The minimum atomic E-state index is -2.64. The summed E-state index contributed by atoms with van der Waals surface area (Å²) in [4.78, 5) is 11.7. The highest BCUT2D eigenvalue weighted by Gasteiger charge is 2.37. The Hall–Kier alpha value is -1.53. The first-order valence-corrected chi connectivity index (χ1v) is 8.88. The number of nitrogens with two attached hydrogens (primary N) is 1. The van der Waals surface area contributed by atoms with Crippen molar-refractivity contribution in [1.82, 2.24) is 0 Å². The number of halogens is 2. The zero-order valence-corrected chi connectivity index (χ0v) is 14.4. The number of hydrogen-bond acceptors (Lipinski definition) is 2. The van der Waals surface area contributed by atoms with Crippen LogP contribution in [0.2, 0.25) is 0 Å². The lowest BCUT2D eigenvalue weighted by Crippen LogP contribution is -2.33. The lowest BCUT2D eigenvalue weighted by molar-refractivity contribution is -0.124. The molecular weight excluding hydrogens is 326 g/mol. The summed E-state index contributed by atoms with van der Waals surface area (Å²) in [6, 6.07) is 9.66. The van der Waals surface area contributed by atoms with Crippen molar-refractivity contribution in [3.8, 4) is 0 Å². The maximum absolute atomic E-state index is 13.5. The monoisotopic (exact) mass is 353 g/mol. The first kappa shape index (κ1) is 19.8. The van der Waals surface area contributed by atoms with Crippen molar-refractivity contribution in [2.24, 2.45) is 17.6 Å². The number of carbonyl (C=O) groups excluding carboxylic acids is 1. The van der Waals surface area contributed by atoms with Crippen LogP contribution in [0.25, 0.3) is 5.32 Å². The third-order valence-electron chi connectivity index (χ3n) is 4.80. The number of aliphatic hydroxyl groups is 1. The molecule has 0 unspecified atom stereocenters. The van der Waals surface area contributed by atoms with Gasteiger partial charge in [0.15, 0.2) is 0 Å². The normalized spacial score (nSPS) is 22.3. The number of amides is 1. The third-order valence-corrected chi connectivity index (χ3v) is 4.80. The van der Waals surface area contributed by atoms with E-state index in [2.05, 4.69) is 5.32 Å². The van der Waals surface area contributed by atoms with E-state index in [1.165, 1.54) is 0 Å². The second kappa shape index (κ2) is 9.25. The second-order valence-electron chi connectivity index (χ2n) is 7.09. The third kappa shape index (κ3) is 7.08. The number of aliphatic hydroxyl groups excluding tert-OH is 1. The van der Waals surface area contributed by atoms with Crippen molar-refractivity contribution in [1.29, 1.82) is 0 Å². The van der Waals surface area contributed by atoms with Crippen LogP contribution in [0.15, 0.2) is 30.3 Å². The molecule has 6 heteroatoms. The van der Waals surface area contributed by atoms with Crippen molar-refractivity contribution < 1.29 is 18.7 Å². The van der Waals surface area contributed by atoms with E-state index in [9.17, 15) is 18.7 Å². The minimum absolute atomic E-state index is 0.0776. The maximum Gasteiger partial charge on any atom is 0.248 e. The number of alkyl halides is 2. The average molecular weight is 353 g/mol. The first-order valence-electron chi connectivity index (χ1n) is 8.88. The predicted molar refractivity (Wildman–Crippen MR) is 93.2 cm³/mol. The van der Waals surface area contributed by atoms with Crippen LogP contribution in [0.4, 0.5) is 8.78 Å². The molecule has 0 heterocycles. The molecule has 25 heavy (non-hydrogen) atoms. The standard InChI is InChI=1S/C19H27F2N2O2/c20-19(21)8-4-7-15(11-19)9-16(18(22)25)10-17(24)13-23-12-14-5-2-1-3-6-14/h1-3,5-6,15-17,24H,4,7-13H2,(H2,22,25)/q-1/t15-,16+,17-/m0/s1. The molecule has 1 fully saturated rings. The van der Waals surface area contributed by atoms with Crippen LogP contribution >= 0.6 is 0 Å². The quantitative estimate of drug-likeness (QED) is 0.711. The molecule has 3 atom stereocenters. The van der Waals surface area contributed by atoms with Crippen LogP contribution in [0.1, 0.15) is 44.1 Å². The van der Waals surface area contributed by atoms with Gasteiger partial charge in [-0.1, -0.05) is 35.9 Å². The molecule has 1 aromatic rings. The molecule has 0 spiro atoms. The largest absolute Gasteiger partial charge is 0.656 e. The lowest BCUT2D eigenvalue weighted by atomic mass is 9.79. The fourth-order valence-electron chi connectivity index (χ4n) is 3.54. The van der Waals surface area contributed by atoms with Gasteiger partial charge in [-0.25, -0.2) is 8.78 Å². The zero-order chi connectivity index (χ0) is 18.3. The molecule has 0 saturated heterocycles. The van der Waals surface area contributed by atoms with E-state index >= 15 is 0 Å². The maximum atomic E-state index is 13.5. The van der Waals surface area contributed by atoms with E-state index in [1.807, 2.05) is 30.3 Å². The van der Waals surface area contributed by atoms with E-state index in [0.717, 1.165) is 5.56 Å². The van der Waals surface area contributed by atoms with E-state index in [0.29, 0.717) is 25.8 Å². The highest BCUT2D eigenvalue weighted by molar-refractivity contribution is 5.76. The van der Waals surface area contributed by atoms with Gasteiger partial charge in [0.05, 0.1) is 0 Å². The molecule has 1 aromatic carbocycles. The SMILES string of the molecule is NC(=O)[C@@H](C[C@H](O)C[N-]Cc1ccccc1)C[C@@H]1CCCC(F)(F)C1. The van der Waals surface area contributed by atoms with Crippen LogP contribution in [0.5, 0.6) is 0 Å². The fraction of sp³-hybridized carbons (Fsp3) is 0.632. The molecule has 0 radical (unpaired) electrons. The van der Waals surface area contributed by atoms with Gasteiger partial charge in [-0.05, 0) is 31.6 Å². The van der Waals surface area contributed by atoms with Gasteiger partial charge in [0.2, 0.25) is 11.8 Å². The first-order chi connectivity index (χ1) is 11.9. The van der Waals surface area contributed by atoms with Crippen LogP contribution in [0.3, 0.4) is 0 Å². The van der Waals surface area contributed by atoms with Gasteiger partial charge in [0.1, 0.15) is 0 Å². The molecule has 0 aliphatic heterocycles. The molecule has 4 nitrogen and oxygen atoms in total. The minimum Gasteiger partial charge on any atom is -0.656 e. The van der Waals surface area contributed by atoms with E-state index in [-0.39, 0.29) is 31.7 Å². The number of nitrogens with zero attached hydrogens (tertiary/aromatic N) is 1. The summed E-state index contributed by atoms with van der Waals surface area (Å²) in [5, 5.41) is 14.4. The zero-order valence-electron chi connectivity index (χ0n) is 14.4. The van der Waals surface area contributed by atoms with Crippen LogP contribution in [0, 0.1) is 11.8 Å². The Kier molecular flexibility index (Phi) is 7.32. The Morgan fingerprint density at radius 1 is 1.36 bits per heavy atom. The summed E-state index contributed by atoms with van der Waals surface area (Å²) in [6.07, 6.45) is 0.601. The smallest absolute Gasteiger partial charge is 0.248 e. The van der Waals surface area contributed by atoms with Crippen molar-refractivity contribution in [2.45, 2.75) is 57.1 Å². The fourth-order valence-corrected chi connectivity index (χ4v) is 3.54. The van der Waals surface area contributed by atoms with Gasteiger partial charge >= 0.3 is 0 Å². The van der Waals surface area contributed by atoms with Gasteiger partial charge < -0.3 is 16.2 Å². The molecule has 1 aliphatic carbocycles.